The summed E-state index contributed by atoms with van der Waals surface area (Å²) in [5.41, 5.74) is 9.86. The number of nitrogens with zero attached hydrogens (tertiary/aromatic N) is 2. The first-order valence-electron chi connectivity index (χ1n) is 6.26. The number of benzene rings is 1. The van der Waals surface area contributed by atoms with E-state index in [-0.39, 0.29) is 6.04 Å². The van der Waals surface area contributed by atoms with Crippen LogP contribution in [0.2, 0.25) is 0 Å². The van der Waals surface area contributed by atoms with Crippen LogP contribution in [-0.4, -0.2) is 18.1 Å². The fourth-order valence-corrected chi connectivity index (χ4v) is 3.49. The van der Waals surface area contributed by atoms with E-state index in [4.69, 9.17) is 5.73 Å². The van der Waals surface area contributed by atoms with Crippen molar-refractivity contribution in [2.75, 3.05) is 18.0 Å². The molecule has 1 aromatic heterocycles. The number of anilines is 1. The number of aryl methyl sites for hydroxylation is 1. The Bertz CT molecular complexity index is 549. The molecule has 1 aliphatic heterocycles. The highest BCUT2D eigenvalue weighted by Gasteiger charge is 2.27. The Balaban J connectivity index is 1.99. The van der Waals surface area contributed by atoms with E-state index in [1.165, 1.54) is 11.1 Å². The maximum absolute atomic E-state index is 5.99. The van der Waals surface area contributed by atoms with Crippen molar-refractivity contribution in [2.45, 2.75) is 19.4 Å². The van der Waals surface area contributed by atoms with Gasteiger partial charge in [0.1, 0.15) is 0 Å². The van der Waals surface area contributed by atoms with Crippen molar-refractivity contribution in [1.29, 1.82) is 0 Å². The topological polar surface area (TPSA) is 42.1 Å². The first kappa shape index (κ1) is 11.7. The molecule has 18 heavy (non-hydrogen) atoms. The van der Waals surface area contributed by atoms with Crippen molar-refractivity contribution in [3.8, 4) is 0 Å². The van der Waals surface area contributed by atoms with Crippen LogP contribution in [0.5, 0.6) is 0 Å². The molecule has 1 atom stereocenters. The van der Waals surface area contributed by atoms with Gasteiger partial charge in [-0.2, -0.15) is 0 Å². The molecular weight excluding hydrogens is 242 g/mol. The standard InChI is InChI=1S/C14H17N3S/c1-10-9-18-14(16-10)17-7-6-11-4-2-3-5-12(11)13(17)8-15/h2-5,9,13H,6-8,15H2,1H3. The van der Waals surface area contributed by atoms with Gasteiger partial charge in [0.2, 0.25) is 0 Å². The van der Waals surface area contributed by atoms with Crippen molar-refractivity contribution in [3.05, 3.63) is 46.5 Å². The average molecular weight is 259 g/mol. The van der Waals surface area contributed by atoms with Crippen molar-refractivity contribution < 1.29 is 0 Å². The first-order chi connectivity index (χ1) is 8.79. The van der Waals surface area contributed by atoms with Crippen LogP contribution in [0, 0.1) is 6.92 Å². The highest BCUT2D eigenvalue weighted by molar-refractivity contribution is 7.13. The van der Waals surface area contributed by atoms with E-state index in [0.717, 1.165) is 23.8 Å². The zero-order valence-corrected chi connectivity index (χ0v) is 11.3. The Morgan fingerprint density at radius 2 is 2.28 bits per heavy atom. The Morgan fingerprint density at radius 1 is 1.44 bits per heavy atom. The molecule has 3 nitrogen and oxygen atoms in total. The zero-order valence-electron chi connectivity index (χ0n) is 10.5. The van der Waals surface area contributed by atoms with Gasteiger partial charge in [-0.05, 0) is 24.5 Å². The monoisotopic (exact) mass is 259 g/mol. The van der Waals surface area contributed by atoms with Crippen molar-refractivity contribution in [3.63, 3.8) is 0 Å². The minimum absolute atomic E-state index is 0.264. The summed E-state index contributed by atoms with van der Waals surface area (Å²) in [6, 6.07) is 8.87. The quantitative estimate of drug-likeness (QED) is 0.901. The minimum Gasteiger partial charge on any atom is -0.339 e. The van der Waals surface area contributed by atoms with Crippen molar-refractivity contribution in [2.24, 2.45) is 5.73 Å². The molecule has 1 unspecified atom stereocenters. The van der Waals surface area contributed by atoms with Gasteiger partial charge in [-0.15, -0.1) is 11.3 Å². The molecule has 94 valence electrons. The summed E-state index contributed by atoms with van der Waals surface area (Å²) >= 11 is 1.71. The Hall–Kier alpha value is -1.39. The maximum atomic E-state index is 5.99. The number of nitrogens with two attached hydrogens (primary N) is 1. The molecule has 0 aliphatic carbocycles. The second kappa shape index (κ2) is 4.71. The third-order valence-corrected chi connectivity index (χ3v) is 4.48. The summed E-state index contributed by atoms with van der Waals surface area (Å²) in [5, 5.41) is 3.20. The number of hydrogen-bond acceptors (Lipinski definition) is 4. The third kappa shape index (κ3) is 1.91. The van der Waals surface area contributed by atoms with Gasteiger partial charge in [0.25, 0.3) is 0 Å². The van der Waals surface area contributed by atoms with Crippen LogP contribution < -0.4 is 10.6 Å². The molecular formula is C14H17N3S. The minimum atomic E-state index is 0.264. The summed E-state index contributed by atoms with van der Waals surface area (Å²) < 4.78 is 0. The molecule has 0 fully saturated rings. The molecule has 0 spiro atoms. The van der Waals surface area contributed by atoms with Crippen molar-refractivity contribution >= 4 is 16.5 Å². The number of thiazole rings is 1. The van der Waals surface area contributed by atoms with Gasteiger partial charge < -0.3 is 10.6 Å². The second-order valence-electron chi connectivity index (χ2n) is 4.67. The summed E-state index contributed by atoms with van der Waals surface area (Å²) in [4.78, 5) is 6.94. The molecule has 0 amide bonds. The predicted octanol–water partition coefficient (Wildman–Crippen LogP) is 2.51. The zero-order chi connectivity index (χ0) is 12.5. The normalized spacial score (nSPS) is 18.8. The Kier molecular flexibility index (Phi) is 3.06. The van der Waals surface area contributed by atoms with Gasteiger partial charge in [0.15, 0.2) is 5.13 Å². The molecule has 3 rings (SSSR count). The van der Waals surface area contributed by atoms with Crippen LogP contribution >= 0.6 is 11.3 Å². The Morgan fingerprint density at radius 3 is 3.00 bits per heavy atom. The third-order valence-electron chi connectivity index (χ3n) is 3.49. The van der Waals surface area contributed by atoms with Crippen LogP contribution in [-0.2, 0) is 6.42 Å². The summed E-state index contributed by atoms with van der Waals surface area (Å²) in [6.07, 6.45) is 1.07. The fourth-order valence-electron chi connectivity index (χ4n) is 2.61. The highest BCUT2D eigenvalue weighted by Crippen LogP contribution is 2.34. The van der Waals surface area contributed by atoms with Gasteiger partial charge in [-0.3, -0.25) is 0 Å². The van der Waals surface area contributed by atoms with E-state index < -0.39 is 0 Å². The molecule has 0 saturated carbocycles. The first-order valence-corrected chi connectivity index (χ1v) is 7.14. The second-order valence-corrected chi connectivity index (χ2v) is 5.50. The SMILES string of the molecule is Cc1csc(N2CCc3ccccc3C2CN)n1. The van der Waals surface area contributed by atoms with Gasteiger partial charge in [0.05, 0.1) is 11.7 Å². The van der Waals surface area contributed by atoms with E-state index in [9.17, 15) is 0 Å². The summed E-state index contributed by atoms with van der Waals surface area (Å²) in [6.45, 7) is 3.68. The van der Waals surface area contributed by atoms with Crippen molar-refractivity contribution in [1.82, 2.24) is 4.98 Å². The van der Waals surface area contributed by atoms with Crippen LogP contribution in [0.3, 0.4) is 0 Å². The van der Waals surface area contributed by atoms with E-state index in [0.29, 0.717) is 6.54 Å². The van der Waals surface area contributed by atoms with Crippen LogP contribution in [0.1, 0.15) is 22.9 Å². The fraction of sp³-hybridized carbons (Fsp3) is 0.357. The van der Waals surface area contributed by atoms with E-state index in [1.807, 2.05) is 6.92 Å². The summed E-state index contributed by atoms with van der Waals surface area (Å²) in [7, 11) is 0. The van der Waals surface area contributed by atoms with Gasteiger partial charge in [0, 0.05) is 18.5 Å². The van der Waals surface area contributed by atoms with Gasteiger partial charge >= 0.3 is 0 Å². The molecule has 1 aromatic carbocycles. The van der Waals surface area contributed by atoms with Crippen LogP contribution in [0.15, 0.2) is 29.6 Å². The highest BCUT2D eigenvalue weighted by atomic mass is 32.1. The lowest BCUT2D eigenvalue weighted by Gasteiger charge is -2.36. The molecule has 2 N–H and O–H groups in total. The van der Waals surface area contributed by atoms with Gasteiger partial charge in [-0.1, -0.05) is 24.3 Å². The number of rotatable bonds is 2. The Labute approximate surface area is 111 Å². The lowest BCUT2D eigenvalue weighted by atomic mass is 9.93. The lowest BCUT2D eigenvalue weighted by Crippen LogP contribution is -2.39. The molecule has 4 heteroatoms. The van der Waals surface area contributed by atoms with E-state index >= 15 is 0 Å². The lowest BCUT2D eigenvalue weighted by molar-refractivity contribution is 0.589. The number of fused-ring (bicyclic) bond motifs is 1. The van der Waals surface area contributed by atoms with E-state index in [2.05, 4.69) is 39.5 Å². The predicted molar refractivity (Wildman–Crippen MR) is 76.1 cm³/mol. The smallest absolute Gasteiger partial charge is 0.186 e. The summed E-state index contributed by atoms with van der Waals surface area (Å²) in [5.74, 6) is 0. The number of aromatic nitrogens is 1. The maximum Gasteiger partial charge on any atom is 0.186 e. The van der Waals surface area contributed by atoms with Gasteiger partial charge in [-0.25, -0.2) is 4.98 Å². The molecule has 0 bridgehead atoms. The number of hydrogen-bond donors (Lipinski definition) is 1. The molecule has 2 heterocycles. The largest absolute Gasteiger partial charge is 0.339 e. The average Bonchev–Trinajstić information content (AvgIpc) is 2.84. The molecule has 2 aromatic rings. The molecule has 0 radical (unpaired) electrons. The van der Waals surface area contributed by atoms with Crippen LogP contribution in [0.25, 0.3) is 0 Å². The van der Waals surface area contributed by atoms with E-state index in [1.54, 1.807) is 11.3 Å². The molecule has 0 saturated heterocycles. The molecule has 1 aliphatic rings. The van der Waals surface area contributed by atoms with Crippen LogP contribution in [0.4, 0.5) is 5.13 Å².